The van der Waals surface area contributed by atoms with Crippen molar-refractivity contribution < 1.29 is 22.9 Å². The fraction of sp³-hybridized carbons (Fsp3) is 0.417. The third-order valence-electron chi connectivity index (χ3n) is 3.38. The Bertz CT molecular complexity index is 597. The van der Waals surface area contributed by atoms with E-state index < -0.39 is 33.8 Å². The molecule has 0 atom stereocenters. The number of carbonyl (C=O) groups excluding carboxylic acids is 1. The Balaban J connectivity index is 2.35. The van der Waals surface area contributed by atoms with Crippen LogP contribution in [0.15, 0.2) is 18.2 Å². The van der Waals surface area contributed by atoms with Crippen molar-refractivity contribution in [3.63, 3.8) is 0 Å². The first-order chi connectivity index (χ1) is 9.72. The summed E-state index contributed by atoms with van der Waals surface area (Å²) in [6.45, 7) is 0. The monoisotopic (exact) mass is 303 g/mol. The lowest BCUT2D eigenvalue weighted by Gasteiger charge is -2.20. The van der Waals surface area contributed by atoms with Crippen molar-refractivity contribution in [2.24, 2.45) is 0 Å². The highest BCUT2D eigenvalue weighted by atomic mass is 19.4. The van der Waals surface area contributed by atoms with Gasteiger partial charge in [-0.05, 0) is 25.0 Å². The van der Waals surface area contributed by atoms with Gasteiger partial charge in [0, 0.05) is 7.05 Å². The van der Waals surface area contributed by atoms with Gasteiger partial charge >= 0.3 is 11.9 Å². The molecule has 1 aromatic carbocycles. The summed E-state index contributed by atoms with van der Waals surface area (Å²) in [5, 5.41) is 15.5. The summed E-state index contributed by atoms with van der Waals surface area (Å²) in [6, 6.07) is 3.85. The lowest BCUT2D eigenvalue weighted by Crippen LogP contribution is -2.48. The molecule has 1 aliphatic carbocycles. The molecule has 2 N–H and O–H groups in total. The van der Waals surface area contributed by atoms with Gasteiger partial charge in [-0.15, -0.1) is 0 Å². The number of halogens is 3. The van der Waals surface area contributed by atoms with Gasteiger partial charge in [0.1, 0.15) is 16.8 Å². The molecule has 1 amide bonds. The molecule has 1 saturated carbocycles. The quantitative estimate of drug-likeness (QED) is 0.661. The third kappa shape index (κ3) is 2.63. The van der Waals surface area contributed by atoms with E-state index in [1.54, 1.807) is 0 Å². The van der Waals surface area contributed by atoms with Crippen molar-refractivity contribution in [1.29, 1.82) is 0 Å². The summed E-state index contributed by atoms with van der Waals surface area (Å²) in [6.07, 6.45) is -5.01. The van der Waals surface area contributed by atoms with Gasteiger partial charge in [0.25, 0.3) is 5.91 Å². The minimum atomic E-state index is -4.57. The normalized spacial score (nSPS) is 16.2. The predicted molar refractivity (Wildman–Crippen MR) is 68.1 cm³/mol. The first-order valence-corrected chi connectivity index (χ1v) is 6.06. The predicted octanol–water partition coefficient (Wildman–Crippen LogP) is 2.46. The van der Waals surface area contributed by atoms with Crippen LogP contribution in [0.1, 0.15) is 23.2 Å². The third-order valence-corrected chi connectivity index (χ3v) is 3.38. The Labute approximate surface area is 117 Å². The van der Waals surface area contributed by atoms with E-state index in [2.05, 4.69) is 5.32 Å². The number of anilines is 1. The highest BCUT2D eigenvalue weighted by Crippen LogP contribution is 2.49. The van der Waals surface area contributed by atoms with Gasteiger partial charge in [-0.25, -0.2) is 0 Å². The van der Waals surface area contributed by atoms with Crippen LogP contribution in [0.25, 0.3) is 0 Å². The number of nitrogens with zero attached hydrogens (tertiary/aromatic N) is 1. The fourth-order valence-corrected chi connectivity index (χ4v) is 2.01. The largest absolute Gasteiger partial charge is 0.411 e. The summed E-state index contributed by atoms with van der Waals surface area (Å²) in [5.41, 5.74) is -3.14. The average molecular weight is 303 g/mol. The molecule has 0 unspecified atom stereocenters. The fourth-order valence-electron chi connectivity index (χ4n) is 2.01. The van der Waals surface area contributed by atoms with E-state index >= 15 is 0 Å². The molecule has 6 nitrogen and oxygen atoms in total. The van der Waals surface area contributed by atoms with Crippen LogP contribution < -0.4 is 10.6 Å². The van der Waals surface area contributed by atoms with Crippen molar-refractivity contribution >= 4 is 17.3 Å². The molecule has 114 valence electrons. The zero-order valence-corrected chi connectivity index (χ0v) is 11.0. The number of nitro groups is 1. The maximum atomic E-state index is 12.8. The van der Waals surface area contributed by atoms with Gasteiger partial charge in [-0.2, -0.15) is 13.2 Å². The highest BCUT2D eigenvalue weighted by molar-refractivity contribution is 6.01. The molecule has 0 saturated heterocycles. The van der Waals surface area contributed by atoms with Gasteiger partial charge in [0.05, 0.1) is 4.92 Å². The number of para-hydroxylation sites is 1. The number of hydrogen-bond acceptors (Lipinski definition) is 4. The van der Waals surface area contributed by atoms with Crippen molar-refractivity contribution in [2.75, 3.05) is 12.4 Å². The second-order valence-corrected chi connectivity index (χ2v) is 4.74. The average Bonchev–Trinajstić information content (AvgIpc) is 3.17. The Hall–Kier alpha value is -2.32. The van der Waals surface area contributed by atoms with Crippen molar-refractivity contribution in [1.82, 2.24) is 5.32 Å². The molecule has 0 aliphatic heterocycles. The van der Waals surface area contributed by atoms with Crippen LogP contribution in [0.2, 0.25) is 0 Å². The lowest BCUT2D eigenvalue weighted by atomic mass is 10.1. The molecule has 0 radical (unpaired) electrons. The number of nitro benzene ring substituents is 1. The van der Waals surface area contributed by atoms with E-state index in [9.17, 15) is 28.1 Å². The number of amides is 1. The van der Waals surface area contributed by atoms with Gasteiger partial charge in [-0.3, -0.25) is 14.9 Å². The second kappa shape index (κ2) is 4.90. The summed E-state index contributed by atoms with van der Waals surface area (Å²) in [5.74, 6) is -1.10. The van der Waals surface area contributed by atoms with Crippen LogP contribution >= 0.6 is 0 Å². The van der Waals surface area contributed by atoms with Crippen molar-refractivity contribution in [2.45, 2.75) is 24.6 Å². The Morgan fingerprint density at radius 1 is 1.38 bits per heavy atom. The number of benzene rings is 1. The van der Waals surface area contributed by atoms with E-state index in [1.807, 2.05) is 5.32 Å². The molecule has 1 fully saturated rings. The number of alkyl halides is 3. The number of nitrogens with one attached hydrogen (secondary N) is 2. The molecule has 0 heterocycles. The molecule has 0 aromatic heterocycles. The molecular weight excluding hydrogens is 291 g/mol. The van der Waals surface area contributed by atoms with Crippen molar-refractivity contribution in [3.05, 3.63) is 33.9 Å². The van der Waals surface area contributed by atoms with Gasteiger partial charge in [0.2, 0.25) is 0 Å². The van der Waals surface area contributed by atoms with Crippen LogP contribution in [0.3, 0.4) is 0 Å². The van der Waals surface area contributed by atoms with E-state index in [0.717, 1.165) is 6.07 Å². The first-order valence-electron chi connectivity index (χ1n) is 6.06. The smallest absolute Gasteiger partial charge is 0.383 e. The van der Waals surface area contributed by atoms with Crippen LogP contribution in [-0.2, 0) is 0 Å². The van der Waals surface area contributed by atoms with Gasteiger partial charge < -0.3 is 10.6 Å². The second-order valence-electron chi connectivity index (χ2n) is 4.74. The highest BCUT2D eigenvalue weighted by Gasteiger charge is 2.64. The minimum Gasteiger partial charge on any atom is -0.383 e. The standard InChI is InChI=1S/C12H12F3N3O3/c1-16-8-4-2-3-7(9(8)18(20)21)10(19)17-11(5-6-11)12(13,14)15/h2-4,16H,5-6H2,1H3,(H,17,19). The summed E-state index contributed by atoms with van der Waals surface area (Å²) >= 11 is 0. The molecule has 0 bridgehead atoms. The van der Waals surface area contributed by atoms with Gasteiger partial charge in [-0.1, -0.05) is 6.07 Å². The summed E-state index contributed by atoms with van der Waals surface area (Å²) in [4.78, 5) is 22.2. The SMILES string of the molecule is CNc1cccc(C(=O)NC2(C(F)(F)F)CC2)c1[N+](=O)[O-]. The van der Waals surface area contributed by atoms with Crippen LogP contribution in [0.4, 0.5) is 24.5 Å². The summed E-state index contributed by atoms with van der Waals surface area (Å²) < 4.78 is 38.4. The number of hydrogen-bond donors (Lipinski definition) is 2. The molecule has 1 aromatic rings. The Morgan fingerprint density at radius 3 is 2.43 bits per heavy atom. The van der Waals surface area contributed by atoms with Gasteiger partial charge in [0.15, 0.2) is 0 Å². The zero-order chi connectivity index (χ0) is 15.8. The van der Waals surface area contributed by atoms with Crippen LogP contribution in [-0.4, -0.2) is 29.6 Å². The van der Waals surface area contributed by atoms with E-state index in [-0.39, 0.29) is 18.5 Å². The van der Waals surface area contributed by atoms with E-state index in [0.29, 0.717) is 0 Å². The van der Waals surface area contributed by atoms with E-state index in [1.165, 1.54) is 19.2 Å². The molecule has 1 aliphatic rings. The molecule has 0 spiro atoms. The number of carbonyl (C=O) groups is 1. The Morgan fingerprint density at radius 2 is 2.00 bits per heavy atom. The first kappa shape index (κ1) is 15.1. The van der Waals surface area contributed by atoms with Crippen LogP contribution in [0.5, 0.6) is 0 Å². The minimum absolute atomic E-state index is 0.0597. The topological polar surface area (TPSA) is 84.3 Å². The van der Waals surface area contributed by atoms with E-state index in [4.69, 9.17) is 0 Å². The van der Waals surface area contributed by atoms with Crippen LogP contribution in [0, 0.1) is 10.1 Å². The zero-order valence-electron chi connectivity index (χ0n) is 11.0. The molecular formula is C12H12F3N3O3. The lowest BCUT2D eigenvalue weighted by molar-refractivity contribution is -0.384. The maximum absolute atomic E-state index is 12.8. The molecule has 21 heavy (non-hydrogen) atoms. The molecule has 9 heteroatoms. The maximum Gasteiger partial charge on any atom is 0.411 e. The summed E-state index contributed by atoms with van der Waals surface area (Å²) in [7, 11) is 1.42. The van der Waals surface area contributed by atoms with Crippen molar-refractivity contribution in [3.8, 4) is 0 Å². The Kier molecular flexibility index (Phi) is 3.52. The number of rotatable bonds is 4. The molecule has 2 rings (SSSR count).